The standard InChI is InChI=1S/C20H18BClN2O3.C10H7ClN2O2.C9H12BNO2.2CH4.Cl2OS.H2/c1-20(2)16-7-4-13(10-17(16)21(26)27-20)11-19(25)15-6-5-14(12-18(15)22)24-9-3-8-23-24;11-9-6-7(13-5-1-4-12-13)2-3-8(9)10(14)15;1-9(2)7-4-3-6(11)5-8(7)10(12)13-9;;;1-4(2)3;/h3-10,12,26H,11H2,1-2H3;1-6H,(H,14,15);3-5,12H,11H2,1-2H3;2*1H4;;1H/i;;;;;;1+1. The molecule has 0 spiro atoms. The van der Waals surface area contributed by atoms with Gasteiger partial charge in [0.05, 0.1) is 38.2 Å². The molecule has 2 aromatic heterocycles. The predicted octanol–water partition coefficient (Wildman–Crippen LogP) is 7.91. The zero-order valence-corrected chi connectivity index (χ0v) is 35.8. The Kier molecular flexibility index (Phi) is 18.0. The zero-order valence-electron chi connectivity index (χ0n) is 31.9. The highest BCUT2D eigenvalue weighted by Crippen LogP contribution is 2.31. The van der Waals surface area contributed by atoms with E-state index in [-0.39, 0.29) is 39.1 Å². The van der Waals surface area contributed by atoms with Crippen LogP contribution in [-0.4, -0.2) is 64.9 Å². The van der Waals surface area contributed by atoms with Gasteiger partial charge >= 0.3 is 20.2 Å². The van der Waals surface area contributed by atoms with Crippen molar-refractivity contribution in [3.63, 3.8) is 0 Å². The Morgan fingerprint density at radius 3 is 1.62 bits per heavy atom. The van der Waals surface area contributed by atoms with Crippen molar-refractivity contribution in [2.24, 2.45) is 0 Å². The summed E-state index contributed by atoms with van der Waals surface area (Å²) in [6.45, 7) is 7.68. The summed E-state index contributed by atoms with van der Waals surface area (Å²) in [7, 11) is 5.55. The summed E-state index contributed by atoms with van der Waals surface area (Å²) in [6, 6.07) is 24.7. The Morgan fingerprint density at radius 2 is 1.20 bits per heavy atom. The van der Waals surface area contributed by atoms with Crippen LogP contribution in [-0.2, 0) is 36.2 Å². The van der Waals surface area contributed by atoms with Crippen molar-refractivity contribution >= 4 is 96.4 Å². The van der Waals surface area contributed by atoms with Gasteiger partial charge < -0.3 is 30.2 Å². The number of hydrogen-bond donors (Lipinski definition) is 4. The monoisotopic (exact) mass is 932 g/mol. The second-order valence-electron chi connectivity index (χ2n) is 14.0. The molecule has 5 N–H and O–H groups in total. The van der Waals surface area contributed by atoms with E-state index in [4.69, 9.17) is 47.6 Å². The Labute approximate surface area is 378 Å². The number of carboxylic acid groups (broad SMARTS) is 1. The molecule has 0 atom stereocenters. The summed E-state index contributed by atoms with van der Waals surface area (Å²) in [6.07, 6.45) is 7.08. The average molecular weight is 934 g/mol. The first-order chi connectivity index (χ1) is 27.8. The van der Waals surface area contributed by atoms with Crippen LogP contribution in [0, 0.1) is 0 Å². The number of rotatable bonds is 6. The van der Waals surface area contributed by atoms with E-state index in [2.05, 4.69) is 31.6 Å². The van der Waals surface area contributed by atoms with Crippen LogP contribution in [0.25, 0.3) is 11.4 Å². The van der Waals surface area contributed by atoms with Gasteiger partial charge in [-0.05, 0) is 116 Å². The van der Waals surface area contributed by atoms with Gasteiger partial charge in [0.1, 0.15) is 0 Å². The Bertz CT molecular complexity index is 2480. The summed E-state index contributed by atoms with van der Waals surface area (Å²) in [4.78, 5) is 23.5. The molecule has 0 bridgehead atoms. The van der Waals surface area contributed by atoms with Gasteiger partial charge in [-0.2, -0.15) is 10.2 Å². The van der Waals surface area contributed by atoms with E-state index in [0.717, 1.165) is 33.5 Å². The van der Waals surface area contributed by atoms with Crippen LogP contribution >= 0.6 is 44.6 Å². The van der Waals surface area contributed by atoms with Crippen molar-refractivity contribution in [1.82, 2.24) is 19.6 Å². The zero-order chi connectivity index (χ0) is 43.2. The van der Waals surface area contributed by atoms with E-state index >= 15 is 0 Å². The maximum absolute atomic E-state index is 12.7. The number of hydrogen-bond acceptors (Lipinski definition) is 10. The molecule has 2 aliphatic rings. The number of nitrogens with two attached hydrogens (primary N) is 1. The number of Topliss-reactive ketones (excluding diaryl/α,β-unsaturated/α-hetero) is 1. The number of halogens is 4. The molecule has 0 amide bonds. The van der Waals surface area contributed by atoms with E-state index < -0.39 is 40.6 Å². The number of carbonyl (C=O) groups is 2. The first-order valence-electron chi connectivity index (χ1n) is 17.6. The van der Waals surface area contributed by atoms with Crippen molar-refractivity contribution in [3.8, 4) is 11.4 Å². The average Bonchev–Trinajstić information content (AvgIpc) is 3.96. The lowest BCUT2D eigenvalue weighted by molar-refractivity contribution is 0.0696. The van der Waals surface area contributed by atoms with Gasteiger partial charge in [-0.25, -0.2) is 18.4 Å². The van der Waals surface area contributed by atoms with Crippen LogP contribution in [0.3, 0.4) is 0 Å². The highest BCUT2D eigenvalue weighted by atomic mass is 36.0. The van der Waals surface area contributed by atoms with Crippen LogP contribution in [0.15, 0.2) is 110 Å². The van der Waals surface area contributed by atoms with Crippen LogP contribution in [0.2, 0.25) is 10.0 Å². The molecule has 0 aliphatic carbocycles. The van der Waals surface area contributed by atoms with Crippen molar-refractivity contribution < 1.29 is 39.7 Å². The van der Waals surface area contributed by atoms with Gasteiger partial charge in [0.2, 0.25) is 9.23 Å². The molecular weight excluding hydrogens is 886 g/mol. The van der Waals surface area contributed by atoms with E-state index in [1.807, 2.05) is 76.4 Å². The quantitative estimate of drug-likeness (QED) is 0.0549. The number of benzene rings is 4. The number of nitrogens with zero attached hydrogens (tertiary/aromatic N) is 4. The third-order valence-corrected chi connectivity index (χ3v) is 9.80. The molecule has 0 radical (unpaired) electrons. The smallest absolute Gasteiger partial charge is 0.478 e. The topological polar surface area (TPSA) is 192 Å². The summed E-state index contributed by atoms with van der Waals surface area (Å²) in [5.41, 5.74) is 11.6. The van der Waals surface area contributed by atoms with Crippen molar-refractivity contribution in [2.45, 2.75) is 60.2 Å². The number of ketones is 1. The summed E-state index contributed by atoms with van der Waals surface area (Å²) >= 11 is 12.2. The SMILES string of the molecule is C.C.CC1(C)OB(O)c2cc(CC(=O)c3ccc(-n4cccn4)cc3Cl)ccc21.CC1(C)OB(O)c2cc(N)ccc21.O=C(O)c1ccc(-n2cccn2)cc1Cl.O=S(Cl)Cl.[2HH]. The molecule has 324 valence electrons. The van der Waals surface area contributed by atoms with E-state index in [1.165, 1.54) is 6.07 Å². The van der Waals surface area contributed by atoms with E-state index in [0.29, 0.717) is 21.7 Å². The van der Waals surface area contributed by atoms with Crippen LogP contribution in [0.1, 0.15) is 81.4 Å². The molecule has 6 aromatic rings. The fourth-order valence-electron chi connectivity index (χ4n) is 6.44. The Balaban J connectivity index is 0.000000322. The van der Waals surface area contributed by atoms with Crippen LogP contribution in [0.5, 0.6) is 0 Å². The normalized spacial score (nSPS) is 13.8. The Morgan fingerprint density at radius 1 is 0.754 bits per heavy atom. The molecule has 0 fully saturated rings. The lowest BCUT2D eigenvalue weighted by atomic mass is 9.77. The molecule has 4 heterocycles. The van der Waals surface area contributed by atoms with Gasteiger partial charge in [-0.3, -0.25) is 4.79 Å². The highest BCUT2D eigenvalue weighted by molar-refractivity contribution is 8.26. The van der Waals surface area contributed by atoms with Gasteiger partial charge in [0.15, 0.2) is 5.78 Å². The Hall–Kier alpha value is -4.48. The molecule has 2 aliphatic heterocycles. The number of aromatic carboxylic acids is 1. The fourth-order valence-corrected chi connectivity index (χ4v) is 6.97. The lowest BCUT2D eigenvalue weighted by Gasteiger charge is -2.19. The fraction of sp³-hybridized carbons (Fsp3) is 0.220. The number of nitrogen functional groups attached to an aromatic ring is 1. The maximum atomic E-state index is 12.7. The first-order valence-corrected chi connectivity index (χ1v) is 21.2. The van der Waals surface area contributed by atoms with Gasteiger partial charge in [0, 0.05) is 65.3 Å². The van der Waals surface area contributed by atoms with E-state index in [1.54, 1.807) is 64.4 Å². The number of anilines is 1. The third-order valence-electron chi connectivity index (χ3n) is 9.17. The summed E-state index contributed by atoms with van der Waals surface area (Å²) in [5.74, 6) is -1.12. The molecular formula is C41H47B2Cl4N5O8S. The molecule has 4 aromatic carbocycles. The van der Waals surface area contributed by atoms with Gasteiger partial charge in [-0.1, -0.05) is 62.3 Å². The molecule has 0 saturated carbocycles. The number of carbonyl (C=O) groups excluding carboxylic acids is 1. The summed E-state index contributed by atoms with van der Waals surface area (Å²) < 4.78 is 23.3. The van der Waals surface area contributed by atoms with Crippen LogP contribution in [0.4, 0.5) is 5.69 Å². The summed E-state index contributed by atoms with van der Waals surface area (Å²) in [5, 5.41) is 37.2. The first kappa shape index (κ1) is 50.9. The minimum absolute atomic E-state index is 0. The largest absolute Gasteiger partial charge is 0.492 e. The molecule has 20 heteroatoms. The number of aromatic nitrogens is 4. The van der Waals surface area contributed by atoms with Gasteiger partial charge in [-0.15, -0.1) is 0 Å². The minimum atomic E-state index is -1.67. The van der Waals surface area contributed by atoms with E-state index in [9.17, 15) is 19.6 Å². The van der Waals surface area contributed by atoms with Crippen LogP contribution < -0.4 is 16.7 Å². The maximum Gasteiger partial charge on any atom is 0.492 e. The molecule has 13 nitrogen and oxygen atoms in total. The second kappa shape index (κ2) is 21.5. The highest BCUT2D eigenvalue weighted by Gasteiger charge is 2.41. The van der Waals surface area contributed by atoms with Crippen molar-refractivity contribution in [2.75, 3.05) is 5.73 Å². The number of fused-ring (bicyclic) bond motifs is 2. The predicted molar refractivity (Wildman–Crippen MR) is 248 cm³/mol. The second-order valence-corrected chi connectivity index (χ2v) is 17.4. The molecule has 8 rings (SSSR count). The molecule has 0 saturated heterocycles. The minimum Gasteiger partial charge on any atom is -0.478 e. The number of carboxylic acids is 1. The molecule has 0 unspecified atom stereocenters. The third kappa shape index (κ3) is 12.8. The van der Waals surface area contributed by atoms with Crippen molar-refractivity contribution in [1.29, 1.82) is 0 Å². The van der Waals surface area contributed by atoms with Gasteiger partial charge in [0.25, 0.3) is 0 Å². The molecule has 61 heavy (non-hydrogen) atoms. The van der Waals surface area contributed by atoms with Crippen molar-refractivity contribution in [3.05, 3.63) is 148 Å². The lowest BCUT2D eigenvalue weighted by Crippen LogP contribution is -2.29.